The van der Waals surface area contributed by atoms with Gasteiger partial charge in [-0.1, -0.05) is 0 Å². The van der Waals surface area contributed by atoms with Crippen molar-refractivity contribution in [3.05, 3.63) is 27.9 Å². The standard InChI is InChI=1S/C11H18N4O2/c1-8-5-10(15(16)17)11(12-6-8)13-9(2)7-14(3)4/h5-6,9H,7H2,1-4H3,(H,12,13). The largest absolute Gasteiger partial charge is 0.361 e. The Morgan fingerprint density at radius 2 is 2.24 bits per heavy atom. The fourth-order valence-corrected chi connectivity index (χ4v) is 1.63. The van der Waals surface area contributed by atoms with Gasteiger partial charge in [-0.3, -0.25) is 10.1 Å². The highest BCUT2D eigenvalue weighted by molar-refractivity contribution is 5.56. The number of nitro groups is 1. The molecule has 1 aromatic heterocycles. The number of hydrogen-bond donors (Lipinski definition) is 1. The number of aromatic nitrogens is 1. The molecule has 6 nitrogen and oxygen atoms in total. The van der Waals surface area contributed by atoms with Crippen molar-refractivity contribution in [2.75, 3.05) is 26.0 Å². The molecule has 1 N–H and O–H groups in total. The smallest absolute Gasteiger partial charge is 0.311 e. The molecule has 0 aliphatic carbocycles. The Morgan fingerprint density at radius 1 is 1.59 bits per heavy atom. The van der Waals surface area contributed by atoms with E-state index < -0.39 is 4.92 Å². The van der Waals surface area contributed by atoms with Crippen molar-refractivity contribution >= 4 is 11.5 Å². The third kappa shape index (κ3) is 3.99. The summed E-state index contributed by atoms with van der Waals surface area (Å²) >= 11 is 0. The average molecular weight is 238 g/mol. The fraction of sp³-hybridized carbons (Fsp3) is 0.545. The van der Waals surface area contributed by atoms with Crippen molar-refractivity contribution in [2.24, 2.45) is 0 Å². The Labute approximate surface area is 101 Å². The van der Waals surface area contributed by atoms with E-state index >= 15 is 0 Å². The van der Waals surface area contributed by atoms with Crippen molar-refractivity contribution in [1.82, 2.24) is 9.88 Å². The molecule has 6 heteroatoms. The minimum Gasteiger partial charge on any atom is -0.361 e. The third-order valence-electron chi connectivity index (χ3n) is 2.22. The van der Waals surface area contributed by atoms with Crippen LogP contribution in [0.3, 0.4) is 0 Å². The number of hydrogen-bond acceptors (Lipinski definition) is 5. The molecule has 0 amide bonds. The van der Waals surface area contributed by atoms with Crippen molar-refractivity contribution in [3.8, 4) is 0 Å². The van der Waals surface area contributed by atoms with Gasteiger partial charge in [0.25, 0.3) is 0 Å². The van der Waals surface area contributed by atoms with Crippen molar-refractivity contribution in [2.45, 2.75) is 19.9 Å². The molecule has 0 radical (unpaired) electrons. The van der Waals surface area contributed by atoms with E-state index in [1.807, 2.05) is 25.9 Å². The highest BCUT2D eigenvalue weighted by Gasteiger charge is 2.17. The second kappa shape index (κ2) is 5.58. The Morgan fingerprint density at radius 3 is 2.76 bits per heavy atom. The lowest BCUT2D eigenvalue weighted by molar-refractivity contribution is -0.384. The first kappa shape index (κ1) is 13.4. The summed E-state index contributed by atoms with van der Waals surface area (Å²) in [6.07, 6.45) is 1.62. The van der Waals surface area contributed by atoms with E-state index in [4.69, 9.17) is 0 Å². The lowest BCUT2D eigenvalue weighted by Crippen LogP contribution is -2.30. The van der Waals surface area contributed by atoms with Crippen LogP contribution in [-0.2, 0) is 0 Å². The normalized spacial score (nSPS) is 12.5. The van der Waals surface area contributed by atoms with Crippen molar-refractivity contribution < 1.29 is 4.92 Å². The van der Waals surface area contributed by atoms with Gasteiger partial charge in [0.1, 0.15) is 0 Å². The zero-order valence-electron chi connectivity index (χ0n) is 10.6. The van der Waals surface area contributed by atoms with Crippen LogP contribution in [0.2, 0.25) is 0 Å². The van der Waals surface area contributed by atoms with Crippen LogP contribution in [0.1, 0.15) is 12.5 Å². The number of nitrogens with zero attached hydrogens (tertiary/aromatic N) is 3. The molecular formula is C11H18N4O2. The predicted octanol–water partition coefficient (Wildman–Crippen LogP) is 1.66. The van der Waals surface area contributed by atoms with Gasteiger partial charge < -0.3 is 10.2 Å². The van der Waals surface area contributed by atoms with Crippen LogP contribution in [0.4, 0.5) is 11.5 Å². The van der Waals surface area contributed by atoms with E-state index in [9.17, 15) is 10.1 Å². The molecule has 0 aliphatic heterocycles. The summed E-state index contributed by atoms with van der Waals surface area (Å²) in [5.74, 6) is 0.329. The van der Waals surface area contributed by atoms with Crippen LogP contribution in [-0.4, -0.2) is 41.5 Å². The van der Waals surface area contributed by atoms with Gasteiger partial charge in [0.15, 0.2) is 0 Å². The van der Waals surface area contributed by atoms with Gasteiger partial charge in [-0.05, 0) is 33.5 Å². The predicted molar refractivity (Wildman–Crippen MR) is 67.3 cm³/mol. The molecular weight excluding hydrogens is 220 g/mol. The van der Waals surface area contributed by atoms with Gasteiger partial charge in [0.2, 0.25) is 5.82 Å². The number of rotatable bonds is 5. The van der Waals surface area contributed by atoms with Crippen LogP contribution in [0.25, 0.3) is 0 Å². The lowest BCUT2D eigenvalue weighted by atomic mass is 10.2. The summed E-state index contributed by atoms with van der Waals surface area (Å²) in [5, 5.41) is 13.9. The van der Waals surface area contributed by atoms with Gasteiger partial charge >= 0.3 is 5.69 Å². The van der Waals surface area contributed by atoms with Crippen LogP contribution >= 0.6 is 0 Å². The van der Waals surface area contributed by atoms with E-state index in [1.165, 1.54) is 6.07 Å². The van der Waals surface area contributed by atoms with Crippen LogP contribution < -0.4 is 5.32 Å². The number of anilines is 1. The quantitative estimate of drug-likeness (QED) is 0.624. The first-order chi connectivity index (χ1) is 7.90. The highest BCUT2D eigenvalue weighted by Crippen LogP contribution is 2.22. The zero-order valence-corrected chi connectivity index (χ0v) is 10.6. The lowest BCUT2D eigenvalue weighted by Gasteiger charge is -2.18. The van der Waals surface area contributed by atoms with Gasteiger partial charge in [0, 0.05) is 24.8 Å². The summed E-state index contributed by atoms with van der Waals surface area (Å²) in [6, 6.07) is 1.62. The molecule has 0 aliphatic rings. The molecule has 1 rings (SSSR count). The Bertz CT molecular complexity index is 406. The zero-order chi connectivity index (χ0) is 13.0. The maximum Gasteiger partial charge on any atom is 0.311 e. The van der Waals surface area contributed by atoms with Gasteiger partial charge in [-0.25, -0.2) is 4.98 Å². The maximum absolute atomic E-state index is 10.9. The minimum atomic E-state index is -0.412. The molecule has 0 spiro atoms. The molecule has 1 unspecified atom stereocenters. The first-order valence-corrected chi connectivity index (χ1v) is 5.42. The Balaban J connectivity index is 2.86. The summed E-state index contributed by atoms with van der Waals surface area (Å²) in [5.41, 5.74) is 0.804. The molecule has 0 bridgehead atoms. The molecule has 1 heterocycles. The van der Waals surface area contributed by atoms with E-state index in [0.717, 1.165) is 12.1 Å². The first-order valence-electron chi connectivity index (χ1n) is 5.42. The monoisotopic (exact) mass is 238 g/mol. The van der Waals surface area contributed by atoms with Crippen molar-refractivity contribution in [3.63, 3.8) is 0 Å². The fourth-order valence-electron chi connectivity index (χ4n) is 1.63. The summed E-state index contributed by atoms with van der Waals surface area (Å²) in [7, 11) is 3.91. The second-order valence-corrected chi connectivity index (χ2v) is 4.45. The molecule has 17 heavy (non-hydrogen) atoms. The van der Waals surface area contributed by atoms with E-state index in [-0.39, 0.29) is 11.7 Å². The Hall–Kier alpha value is -1.69. The van der Waals surface area contributed by atoms with Crippen molar-refractivity contribution in [1.29, 1.82) is 0 Å². The van der Waals surface area contributed by atoms with Gasteiger partial charge in [-0.15, -0.1) is 0 Å². The second-order valence-electron chi connectivity index (χ2n) is 4.45. The number of nitrogens with one attached hydrogen (secondary N) is 1. The summed E-state index contributed by atoms with van der Waals surface area (Å²) in [6.45, 7) is 4.53. The number of likely N-dealkylation sites (N-methyl/N-ethyl adjacent to an activating group) is 1. The third-order valence-corrected chi connectivity index (χ3v) is 2.22. The molecule has 94 valence electrons. The molecule has 0 saturated heterocycles. The van der Waals surface area contributed by atoms with Gasteiger partial charge in [-0.2, -0.15) is 0 Å². The summed E-state index contributed by atoms with van der Waals surface area (Å²) < 4.78 is 0. The highest BCUT2D eigenvalue weighted by atomic mass is 16.6. The van der Waals surface area contributed by atoms with Crippen LogP contribution in [0.5, 0.6) is 0 Å². The minimum absolute atomic E-state index is 0.0237. The van der Waals surface area contributed by atoms with E-state index in [1.54, 1.807) is 13.1 Å². The summed E-state index contributed by atoms with van der Waals surface area (Å²) in [4.78, 5) is 16.6. The maximum atomic E-state index is 10.9. The molecule has 1 atom stereocenters. The van der Waals surface area contributed by atoms with Gasteiger partial charge in [0.05, 0.1) is 4.92 Å². The molecule has 0 aromatic carbocycles. The van der Waals surface area contributed by atoms with Crippen LogP contribution in [0, 0.1) is 17.0 Å². The van der Waals surface area contributed by atoms with Crippen LogP contribution in [0.15, 0.2) is 12.3 Å². The van der Waals surface area contributed by atoms with E-state index in [2.05, 4.69) is 10.3 Å². The van der Waals surface area contributed by atoms with E-state index in [0.29, 0.717) is 5.82 Å². The SMILES string of the molecule is Cc1cnc(NC(C)CN(C)C)c([N+](=O)[O-])c1. The molecule has 1 aromatic rings. The molecule has 0 saturated carbocycles. The average Bonchev–Trinajstić information content (AvgIpc) is 2.19. The molecule has 0 fully saturated rings. The number of pyridine rings is 1. The number of aryl methyl sites for hydroxylation is 1. The topological polar surface area (TPSA) is 71.3 Å². The Kier molecular flexibility index (Phi) is 4.39.